The molecule has 0 aromatic heterocycles. The number of carbonyl (C=O) groups is 1. The lowest BCUT2D eigenvalue weighted by Crippen LogP contribution is -2.04. The molecule has 0 saturated heterocycles. The maximum absolute atomic E-state index is 13.9. The van der Waals surface area contributed by atoms with Crippen molar-refractivity contribution in [3.63, 3.8) is 0 Å². The molecule has 0 aliphatic heterocycles. The molecule has 1 rings (SSSR count). The number of methoxy groups -OCH3 is 1. The molecule has 1 aromatic rings. The van der Waals surface area contributed by atoms with Gasteiger partial charge in [-0.3, -0.25) is 4.79 Å². The van der Waals surface area contributed by atoms with Gasteiger partial charge in [-0.25, -0.2) is 0 Å². The van der Waals surface area contributed by atoms with E-state index in [-0.39, 0.29) is 22.8 Å². The van der Waals surface area contributed by atoms with Crippen molar-refractivity contribution in [2.75, 3.05) is 13.7 Å². The minimum Gasteiger partial charge on any atom is -0.493 e. The van der Waals surface area contributed by atoms with Crippen molar-refractivity contribution in [2.45, 2.75) is 26.7 Å². The van der Waals surface area contributed by atoms with E-state index in [1.54, 1.807) is 0 Å². The van der Waals surface area contributed by atoms with Gasteiger partial charge in [-0.15, -0.1) is 0 Å². The van der Waals surface area contributed by atoms with Crippen LogP contribution in [0.25, 0.3) is 0 Å². The molecule has 0 saturated carbocycles. The molecule has 4 heteroatoms. The van der Waals surface area contributed by atoms with E-state index < -0.39 is 5.82 Å². The van der Waals surface area contributed by atoms with Gasteiger partial charge in [0, 0.05) is 0 Å². The number of halogens is 1. The number of Topliss-reactive ketones (excluding diaryl/α,β-unsaturated/α-hetero) is 1. The van der Waals surface area contributed by atoms with Crippen molar-refractivity contribution < 1.29 is 18.7 Å². The number of ether oxygens (including phenoxy) is 2. The highest BCUT2D eigenvalue weighted by Gasteiger charge is 2.17. The minimum atomic E-state index is -0.615. The van der Waals surface area contributed by atoms with Crippen LogP contribution in [0, 0.1) is 5.82 Å². The second-order valence-corrected chi connectivity index (χ2v) is 3.72. The highest BCUT2D eigenvalue weighted by Crippen LogP contribution is 2.30. The molecule has 0 amide bonds. The fraction of sp³-hybridized carbons (Fsp3) is 0.462. The summed E-state index contributed by atoms with van der Waals surface area (Å²) in [7, 11) is 1.33. The third-order valence-electron chi connectivity index (χ3n) is 2.40. The normalized spacial score (nSPS) is 10.1. The largest absolute Gasteiger partial charge is 0.493 e. The first-order valence-electron chi connectivity index (χ1n) is 5.62. The number of unbranched alkanes of at least 4 members (excludes halogenated alkanes) is 1. The van der Waals surface area contributed by atoms with E-state index in [2.05, 4.69) is 0 Å². The zero-order chi connectivity index (χ0) is 12.8. The molecule has 0 unspecified atom stereocenters. The number of hydrogen-bond donors (Lipinski definition) is 0. The van der Waals surface area contributed by atoms with E-state index >= 15 is 0 Å². The number of carbonyl (C=O) groups excluding carboxylic acids is 1. The van der Waals surface area contributed by atoms with Crippen molar-refractivity contribution in [2.24, 2.45) is 0 Å². The van der Waals surface area contributed by atoms with E-state index in [9.17, 15) is 9.18 Å². The van der Waals surface area contributed by atoms with Crippen LogP contribution in [-0.2, 0) is 0 Å². The molecule has 1 aromatic carbocycles. The summed E-state index contributed by atoms with van der Waals surface area (Å²) in [5.41, 5.74) is 0.229. The molecule has 0 bridgehead atoms. The third-order valence-corrected chi connectivity index (χ3v) is 2.40. The van der Waals surface area contributed by atoms with Crippen molar-refractivity contribution in [3.8, 4) is 11.5 Å². The standard InChI is InChI=1S/C13H17FO3/c1-4-5-8-17-11-7-6-10(9(2)15)13(16-3)12(11)14/h6-7H,4-5,8H2,1-3H3. The third kappa shape index (κ3) is 3.19. The van der Waals surface area contributed by atoms with Gasteiger partial charge in [0.05, 0.1) is 19.3 Å². The van der Waals surface area contributed by atoms with E-state index in [0.29, 0.717) is 6.61 Å². The molecule has 0 fully saturated rings. The van der Waals surface area contributed by atoms with E-state index in [1.807, 2.05) is 6.92 Å². The van der Waals surface area contributed by atoms with Gasteiger partial charge in [-0.2, -0.15) is 4.39 Å². The monoisotopic (exact) mass is 240 g/mol. The van der Waals surface area contributed by atoms with Crippen molar-refractivity contribution in [3.05, 3.63) is 23.5 Å². The summed E-state index contributed by atoms with van der Waals surface area (Å²) in [6.45, 7) is 3.85. The minimum absolute atomic E-state index is 0.0495. The van der Waals surface area contributed by atoms with Crippen molar-refractivity contribution >= 4 is 5.78 Å². The Morgan fingerprint density at radius 1 is 1.41 bits per heavy atom. The first-order chi connectivity index (χ1) is 8.11. The van der Waals surface area contributed by atoms with Gasteiger partial charge in [-0.1, -0.05) is 13.3 Å². The van der Waals surface area contributed by atoms with Crippen LogP contribution in [0.2, 0.25) is 0 Å². The second-order valence-electron chi connectivity index (χ2n) is 3.72. The second kappa shape index (κ2) is 6.23. The Bertz CT molecular complexity index is 402. The maximum Gasteiger partial charge on any atom is 0.207 e. The molecular formula is C13H17FO3. The molecule has 0 radical (unpaired) electrons. The van der Waals surface area contributed by atoms with Gasteiger partial charge < -0.3 is 9.47 Å². The first kappa shape index (κ1) is 13.5. The molecule has 0 aliphatic carbocycles. The molecular weight excluding hydrogens is 223 g/mol. The summed E-state index contributed by atoms with van der Waals surface area (Å²) < 4.78 is 24.1. The van der Waals surface area contributed by atoms with Gasteiger partial charge in [0.1, 0.15) is 0 Å². The predicted molar refractivity (Wildman–Crippen MR) is 63.4 cm³/mol. The van der Waals surface area contributed by atoms with Crippen LogP contribution in [-0.4, -0.2) is 19.5 Å². The Kier molecular flexibility index (Phi) is 4.94. The van der Waals surface area contributed by atoms with Crippen molar-refractivity contribution in [1.82, 2.24) is 0 Å². The molecule has 0 N–H and O–H groups in total. The van der Waals surface area contributed by atoms with Crippen LogP contribution < -0.4 is 9.47 Å². The van der Waals surface area contributed by atoms with Gasteiger partial charge in [0.15, 0.2) is 17.3 Å². The number of ketones is 1. The topological polar surface area (TPSA) is 35.5 Å². The quantitative estimate of drug-likeness (QED) is 0.565. The average molecular weight is 240 g/mol. The fourth-order valence-electron chi connectivity index (χ4n) is 1.45. The number of hydrogen-bond acceptors (Lipinski definition) is 3. The van der Waals surface area contributed by atoms with Crippen LogP contribution in [0.3, 0.4) is 0 Å². The predicted octanol–water partition coefficient (Wildman–Crippen LogP) is 3.22. The lowest BCUT2D eigenvalue weighted by Gasteiger charge is -2.11. The summed E-state index contributed by atoms with van der Waals surface area (Å²) >= 11 is 0. The molecule has 17 heavy (non-hydrogen) atoms. The summed E-state index contributed by atoms with van der Waals surface area (Å²) in [6.07, 6.45) is 1.83. The SMILES string of the molecule is CCCCOc1ccc(C(C)=O)c(OC)c1F. The smallest absolute Gasteiger partial charge is 0.207 e. The molecule has 0 atom stereocenters. The lowest BCUT2D eigenvalue weighted by molar-refractivity contribution is 0.101. The van der Waals surface area contributed by atoms with E-state index in [1.165, 1.54) is 26.2 Å². The van der Waals surface area contributed by atoms with Crippen LogP contribution in [0.15, 0.2) is 12.1 Å². The van der Waals surface area contributed by atoms with Gasteiger partial charge >= 0.3 is 0 Å². The summed E-state index contributed by atoms with van der Waals surface area (Å²) in [4.78, 5) is 11.3. The Hall–Kier alpha value is -1.58. The average Bonchev–Trinajstić information content (AvgIpc) is 2.30. The summed E-state index contributed by atoms with van der Waals surface area (Å²) in [5.74, 6) is -0.774. The van der Waals surface area contributed by atoms with E-state index in [4.69, 9.17) is 9.47 Å². The van der Waals surface area contributed by atoms with E-state index in [0.717, 1.165) is 12.8 Å². The van der Waals surface area contributed by atoms with Crippen LogP contribution in [0.5, 0.6) is 11.5 Å². The first-order valence-corrected chi connectivity index (χ1v) is 5.62. The van der Waals surface area contributed by atoms with Gasteiger partial charge in [-0.05, 0) is 25.5 Å². The van der Waals surface area contributed by atoms with Crippen molar-refractivity contribution in [1.29, 1.82) is 0 Å². The van der Waals surface area contributed by atoms with Gasteiger partial charge in [0.25, 0.3) is 0 Å². The molecule has 0 aliphatic rings. The maximum atomic E-state index is 13.9. The van der Waals surface area contributed by atoms with Crippen LogP contribution >= 0.6 is 0 Å². The number of benzene rings is 1. The molecule has 3 nitrogen and oxygen atoms in total. The Balaban J connectivity index is 2.98. The highest BCUT2D eigenvalue weighted by molar-refractivity contribution is 5.97. The molecule has 0 heterocycles. The Labute approximate surface area is 101 Å². The molecule has 0 spiro atoms. The Morgan fingerprint density at radius 2 is 2.12 bits per heavy atom. The zero-order valence-corrected chi connectivity index (χ0v) is 10.4. The van der Waals surface area contributed by atoms with Crippen LogP contribution in [0.1, 0.15) is 37.0 Å². The zero-order valence-electron chi connectivity index (χ0n) is 10.4. The lowest BCUT2D eigenvalue weighted by atomic mass is 10.1. The summed E-state index contributed by atoms with van der Waals surface area (Å²) in [6, 6.07) is 2.98. The van der Waals surface area contributed by atoms with Gasteiger partial charge in [0.2, 0.25) is 5.82 Å². The van der Waals surface area contributed by atoms with Crippen LogP contribution in [0.4, 0.5) is 4.39 Å². The highest BCUT2D eigenvalue weighted by atomic mass is 19.1. The number of rotatable bonds is 6. The Morgan fingerprint density at radius 3 is 2.65 bits per heavy atom. The summed E-state index contributed by atoms with van der Waals surface area (Å²) in [5, 5.41) is 0. The molecule has 94 valence electrons. The fourth-order valence-corrected chi connectivity index (χ4v) is 1.45.